The first-order valence-electron chi connectivity index (χ1n) is 8.01. The zero-order valence-corrected chi connectivity index (χ0v) is 13.8. The van der Waals surface area contributed by atoms with Crippen LogP contribution < -0.4 is 5.73 Å². The van der Waals surface area contributed by atoms with Crippen molar-refractivity contribution in [1.29, 1.82) is 0 Å². The highest BCUT2D eigenvalue weighted by Gasteiger charge is 2.24. The largest absolute Gasteiger partial charge is 0.368 e. The number of rotatable bonds is 1. The third-order valence-electron chi connectivity index (χ3n) is 4.83. The molecule has 0 spiro atoms. The van der Waals surface area contributed by atoms with Crippen molar-refractivity contribution in [2.75, 3.05) is 12.3 Å². The van der Waals surface area contributed by atoms with Crippen LogP contribution in [-0.2, 0) is 13.0 Å². The molecule has 3 heterocycles. The maximum absolute atomic E-state index is 12.9. The Hall–Kier alpha value is -2.89. The summed E-state index contributed by atoms with van der Waals surface area (Å²) < 4.78 is 0. The highest BCUT2D eigenvalue weighted by molar-refractivity contribution is 5.99. The number of aromatic nitrogens is 3. The monoisotopic (exact) mass is 321 g/mol. The molecular weight excluding hydrogens is 302 g/mol. The molecule has 122 valence electrons. The Bertz CT molecular complexity index is 959. The van der Waals surface area contributed by atoms with Gasteiger partial charge in [-0.3, -0.25) is 4.79 Å². The first kappa shape index (κ1) is 14.7. The molecule has 24 heavy (non-hydrogen) atoms. The fraction of sp³-hybridized carbons (Fsp3) is 0.278. The number of aryl methyl sites for hydroxylation is 2. The lowest BCUT2D eigenvalue weighted by Gasteiger charge is -2.27. The van der Waals surface area contributed by atoms with E-state index >= 15 is 0 Å². The summed E-state index contributed by atoms with van der Waals surface area (Å²) in [4.78, 5) is 26.2. The highest BCUT2D eigenvalue weighted by atomic mass is 16.2. The van der Waals surface area contributed by atoms with Crippen LogP contribution in [0.4, 0.5) is 5.95 Å². The van der Waals surface area contributed by atoms with Crippen molar-refractivity contribution in [3.8, 4) is 0 Å². The van der Waals surface area contributed by atoms with Crippen molar-refractivity contribution < 1.29 is 4.79 Å². The van der Waals surface area contributed by atoms with Crippen molar-refractivity contribution in [3.63, 3.8) is 0 Å². The van der Waals surface area contributed by atoms with Crippen LogP contribution in [0.2, 0.25) is 0 Å². The molecule has 0 saturated carbocycles. The average molecular weight is 321 g/mol. The molecule has 0 atom stereocenters. The SMILES string of the molecule is Cc1ccc2[nH]c(C(=O)N3CCc4cnc(N)nc4C3)cc2c1C. The van der Waals surface area contributed by atoms with E-state index in [1.165, 1.54) is 11.1 Å². The molecule has 6 nitrogen and oxygen atoms in total. The van der Waals surface area contributed by atoms with E-state index in [0.29, 0.717) is 18.8 Å². The van der Waals surface area contributed by atoms with Crippen LogP contribution in [0.5, 0.6) is 0 Å². The number of benzene rings is 1. The molecule has 0 fully saturated rings. The standard InChI is InChI=1S/C18H19N5O/c1-10-3-4-14-13(11(10)2)7-15(21-14)17(24)23-6-5-12-8-20-18(19)22-16(12)9-23/h3-4,7-8,21H,5-6,9H2,1-2H3,(H2,19,20,22). The van der Waals surface area contributed by atoms with Crippen molar-refractivity contribution in [2.24, 2.45) is 0 Å². The van der Waals surface area contributed by atoms with E-state index in [1.54, 1.807) is 6.20 Å². The van der Waals surface area contributed by atoms with Gasteiger partial charge in [-0.05, 0) is 49.1 Å². The number of amides is 1. The van der Waals surface area contributed by atoms with Gasteiger partial charge in [-0.25, -0.2) is 9.97 Å². The van der Waals surface area contributed by atoms with Crippen LogP contribution in [-0.4, -0.2) is 32.3 Å². The second-order valence-corrected chi connectivity index (χ2v) is 6.33. The van der Waals surface area contributed by atoms with Crippen molar-refractivity contribution in [2.45, 2.75) is 26.8 Å². The second kappa shape index (κ2) is 5.33. The number of nitrogens with zero attached hydrogens (tertiary/aromatic N) is 3. The van der Waals surface area contributed by atoms with Gasteiger partial charge in [-0.1, -0.05) is 6.07 Å². The minimum atomic E-state index is -0.00825. The maximum Gasteiger partial charge on any atom is 0.270 e. The van der Waals surface area contributed by atoms with Crippen LogP contribution in [0.25, 0.3) is 10.9 Å². The Morgan fingerprint density at radius 2 is 2.17 bits per heavy atom. The van der Waals surface area contributed by atoms with Gasteiger partial charge in [-0.2, -0.15) is 0 Å². The van der Waals surface area contributed by atoms with Gasteiger partial charge in [0.1, 0.15) is 5.69 Å². The number of nitrogen functional groups attached to an aromatic ring is 1. The molecule has 4 rings (SSSR count). The summed E-state index contributed by atoms with van der Waals surface area (Å²) in [5, 5.41) is 1.10. The summed E-state index contributed by atoms with van der Waals surface area (Å²) in [5.74, 6) is 0.242. The lowest BCUT2D eigenvalue weighted by atomic mass is 10.1. The third kappa shape index (κ3) is 2.31. The van der Waals surface area contributed by atoms with E-state index in [9.17, 15) is 4.79 Å². The van der Waals surface area contributed by atoms with Crippen molar-refractivity contribution in [3.05, 3.63) is 52.5 Å². The molecule has 3 N–H and O–H groups in total. The van der Waals surface area contributed by atoms with E-state index < -0.39 is 0 Å². The molecule has 0 aliphatic carbocycles. The number of hydrogen-bond acceptors (Lipinski definition) is 4. The van der Waals surface area contributed by atoms with Gasteiger partial charge in [-0.15, -0.1) is 0 Å². The number of H-pyrrole nitrogens is 1. The van der Waals surface area contributed by atoms with Crippen LogP contribution in [0.15, 0.2) is 24.4 Å². The Morgan fingerprint density at radius 3 is 3.00 bits per heavy atom. The van der Waals surface area contributed by atoms with Crippen LogP contribution >= 0.6 is 0 Å². The molecule has 1 amide bonds. The van der Waals surface area contributed by atoms with Gasteiger partial charge in [0.15, 0.2) is 0 Å². The van der Waals surface area contributed by atoms with Gasteiger partial charge in [0, 0.05) is 23.6 Å². The van der Waals surface area contributed by atoms with E-state index in [0.717, 1.165) is 28.6 Å². The molecule has 0 radical (unpaired) electrons. The Balaban J connectivity index is 1.66. The Kier molecular flexibility index (Phi) is 3.26. The molecule has 6 heteroatoms. The number of aromatic amines is 1. The molecule has 1 aromatic carbocycles. The second-order valence-electron chi connectivity index (χ2n) is 6.33. The van der Waals surface area contributed by atoms with Gasteiger partial charge < -0.3 is 15.6 Å². The Labute approximate surface area is 139 Å². The Morgan fingerprint density at radius 1 is 1.33 bits per heavy atom. The number of fused-ring (bicyclic) bond motifs is 2. The van der Waals surface area contributed by atoms with E-state index in [1.807, 2.05) is 17.0 Å². The lowest BCUT2D eigenvalue weighted by molar-refractivity contribution is 0.0727. The van der Waals surface area contributed by atoms with E-state index in [4.69, 9.17) is 5.73 Å². The summed E-state index contributed by atoms with van der Waals surface area (Å²) in [7, 11) is 0. The zero-order valence-electron chi connectivity index (χ0n) is 13.8. The molecule has 3 aromatic rings. The van der Waals surface area contributed by atoms with Crippen molar-refractivity contribution >= 4 is 22.8 Å². The fourth-order valence-electron chi connectivity index (χ4n) is 3.24. The molecule has 0 unspecified atom stereocenters. The molecule has 2 aromatic heterocycles. The number of anilines is 1. The predicted octanol–water partition coefficient (Wildman–Crippen LogP) is 2.36. The number of carbonyl (C=O) groups excluding carboxylic acids is 1. The van der Waals surface area contributed by atoms with Gasteiger partial charge in [0.2, 0.25) is 5.95 Å². The van der Waals surface area contributed by atoms with Crippen LogP contribution in [0, 0.1) is 13.8 Å². The lowest BCUT2D eigenvalue weighted by Crippen LogP contribution is -2.36. The molecule has 0 saturated heterocycles. The number of carbonyl (C=O) groups is 1. The topological polar surface area (TPSA) is 87.9 Å². The minimum absolute atomic E-state index is 0.00825. The highest BCUT2D eigenvalue weighted by Crippen LogP contribution is 2.24. The first-order chi connectivity index (χ1) is 11.5. The van der Waals surface area contributed by atoms with Crippen molar-refractivity contribution in [1.82, 2.24) is 19.9 Å². The van der Waals surface area contributed by atoms with Gasteiger partial charge in [0.05, 0.1) is 12.2 Å². The molecule has 0 bridgehead atoms. The number of hydrogen-bond donors (Lipinski definition) is 2. The summed E-state index contributed by atoms with van der Waals surface area (Å²) >= 11 is 0. The summed E-state index contributed by atoms with van der Waals surface area (Å²) in [5.41, 5.74) is 11.6. The molecular formula is C18H19N5O. The maximum atomic E-state index is 12.9. The summed E-state index contributed by atoms with van der Waals surface area (Å²) in [6.45, 7) is 5.28. The van der Waals surface area contributed by atoms with Gasteiger partial charge in [0.25, 0.3) is 5.91 Å². The van der Waals surface area contributed by atoms with Crippen LogP contribution in [0.1, 0.15) is 32.9 Å². The minimum Gasteiger partial charge on any atom is -0.368 e. The predicted molar refractivity (Wildman–Crippen MR) is 92.7 cm³/mol. The first-order valence-corrected chi connectivity index (χ1v) is 8.01. The zero-order chi connectivity index (χ0) is 16.8. The quantitative estimate of drug-likeness (QED) is 0.720. The molecule has 1 aliphatic rings. The van der Waals surface area contributed by atoms with Gasteiger partial charge >= 0.3 is 0 Å². The normalized spacial score (nSPS) is 14.0. The average Bonchev–Trinajstić information content (AvgIpc) is 3.02. The fourth-order valence-corrected chi connectivity index (χ4v) is 3.24. The number of nitrogens with two attached hydrogens (primary N) is 1. The smallest absolute Gasteiger partial charge is 0.270 e. The van der Waals surface area contributed by atoms with Crippen LogP contribution in [0.3, 0.4) is 0 Å². The number of nitrogens with one attached hydrogen (secondary N) is 1. The summed E-state index contributed by atoms with van der Waals surface area (Å²) in [6.07, 6.45) is 2.51. The third-order valence-corrected chi connectivity index (χ3v) is 4.83. The van der Waals surface area contributed by atoms with E-state index in [-0.39, 0.29) is 11.9 Å². The van der Waals surface area contributed by atoms with E-state index in [2.05, 4.69) is 34.9 Å². The summed E-state index contributed by atoms with van der Waals surface area (Å²) in [6, 6.07) is 6.04. The molecule has 1 aliphatic heterocycles.